The van der Waals surface area contributed by atoms with E-state index < -0.39 is 0 Å². The van der Waals surface area contributed by atoms with Crippen molar-refractivity contribution in [1.82, 2.24) is 0 Å². The fourth-order valence-corrected chi connectivity index (χ4v) is 1.22. The van der Waals surface area contributed by atoms with Gasteiger partial charge in [-0.05, 0) is 43.3 Å². The van der Waals surface area contributed by atoms with Gasteiger partial charge in [0.15, 0.2) is 0 Å². The molecule has 0 spiro atoms. The molecule has 0 aliphatic heterocycles. The van der Waals surface area contributed by atoms with Crippen molar-refractivity contribution in [3.05, 3.63) is 28.8 Å². The third kappa shape index (κ3) is 1.74. The van der Waals surface area contributed by atoms with Crippen LogP contribution in [0.5, 0.6) is 0 Å². The van der Waals surface area contributed by atoms with E-state index in [1.165, 1.54) is 6.08 Å². The predicted molar refractivity (Wildman–Crippen MR) is 55.3 cm³/mol. The average molecular weight is 173 g/mol. The minimum Gasteiger partial charge on any atom is -0.264 e. The molecule has 0 fully saturated rings. The summed E-state index contributed by atoms with van der Waals surface area (Å²) in [6, 6.07) is 3.69. The second kappa shape index (κ2) is 3.83. The zero-order chi connectivity index (χ0) is 9.84. The minimum absolute atomic E-state index is 0.862. The van der Waals surface area contributed by atoms with Crippen molar-refractivity contribution in [1.29, 1.82) is 0 Å². The smallest absolute Gasteiger partial charge is 0.125 e. The normalized spacial score (nSPS) is 9.08. The lowest BCUT2D eigenvalue weighted by Crippen LogP contribution is -1.86. The molecule has 0 aromatic heterocycles. The lowest BCUT2D eigenvalue weighted by atomic mass is 10.0. The van der Waals surface area contributed by atoms with Crippen molar-refractivity contribution in [3.8, 4) is 0 Å². The van der Waals surface area contributed by atoms with Crippen LogP contribution >= 0.6 is 0 Å². The van der Waals surface area contributed by atoms with Gasteiger partial charge in [0.05, 0.1) is 5.69 Å². The summed E-state index contributed by atoms with van der Waals surface area (Å²) in [7, 11) is 0. The Morgan fingerprint density at radius 2 is 2.08 bits per heavy atom. The lowest BCUT2D eigenvalue weighted by Gasteiger charge is -2.06. The van der Waals surface area contributed by atoms with E-state index in [0.29, 0.717) is 0 Å². The molecule has 2 heteroatoms. The van der Waals surface area contributed by atoms with Crippen LogP contribution in [0.4, 0.5) is 5.69 Å². The fraction of sp³-hybridized carbons (Fsp3) is 0.182. The quantitative estimate of drug-likeness (QED) is 0.499. The van der Waals surface area contributed by atoms with Crippen LogP contribution < -0.4 is 0 Å². The van der Waals surface area contributed by atoms with E-state index in [4.69, 9.17) is 0 Å². The van der Waals surface area contributed by atoms with Gasteiger partial charge in [-0.15, -0.1) is 0 Å². The summed E-state index contributed by atoms with van der Waals surface area (Å²) in [6.07, 6.45) is 1.43. The van der Waals surface area contributed by atoms with Gasteiger partial charge in [0.25, 0.3) is 0 Å². The first-order chi connectivity index (χ1) is 6.20. The van der Waals surface area contributed by atoms with Crippen molar-refractivity contribution in [3.63, 3.8) is 0 Å². The molecule has 0 saturated carbocycles. The summed E-state index contributed by atoms with van der Waals surface area (Å²) >= 11 is 0. The van der Waals surface area contributed by atoms with Gasteiger partial charge < -0.3 is 0 Å². The molecule has 13 heavy (non-hydrogen) atoms. The van der Waals surface area contributed by atoms with E-state index in [2.05, 4.69) is 11.7 Å². The Labute approximate surface area is 77.6 Å². The molecule has 0 aliphatic carbocycles. The monoisotopic (exact) mass is 173 g/mol. The number of benzene rings is 1. The molecule has 0 aliphatic rings. The Bertz CT molecular complexity index is 387. The van der Waals surface area contributed by atoms with Crippen LogP contribution in [0.15, 0.2) is 17.1 Å². The average Bonchev–Trinajstić information content (AvgIpc) is 2.14. The summed E-state index contributed by atoms with van der Waals surface area (Å²) in [5, 5.41) is 0. The van der Waals surface area contributed by atoms with Crippen LogP contribution in [0.3, 0.4) is 0 Å². The summed E-state index contributed by atoms with van der Waals surface area (Å²) in [6.45, 7) is 7.38. The van der Waals surface area contributed by atoms with Gasteiger partial charge in [-0.2, -0.15) is 0 Å². The second-order valence-corrected chi connectivity index (χ2v) is 2.84. The van der Waals surface area contributed by atoms with Crippen molar-refractivity contribution in [2.45, 2.75) is 13.8 Å². The van der Waals surface area contributed by atoms with Gasteiger partial charge in [-0.3, -0.25) is 4.99 Å². The zero-order valence-corrected chi connectivity index (χ0v) is 7.79. The van der Waals surface area contributed by atoms with Crippen LogP contribution in [0.1, 0.15) is 16.7 Å². The molecule has 0 bridgehead atoms. The highest BCUT2D eigenvalue weighted by atomic mass is 16.1. The number of rotatable bonds is 2. The first-order valence-corrected chi connectivity index (χ1v) is 3.98. The highest BCUT2D eigenvalue weighted by Crippen LogP contribution is 2.24. The molecule has 1 aromatic rings. The van der Waals surface area contributed by atoms with Gasteiger partial charge in [-0.1, -0.05) is 6.07 Å². The number of nitrogens with zero attached hydrogens (tertiary/aromatic N) is 1. The lowest BCUT2D eigenvalue weighted by molar-refractivity contribution is 0.570. The molecule has 1 rings (SSSR count). The van der Waals surface area contributed by atoms with Gasteiger partial charge in [0.1, 0.15) is 5.94 Å². The Hall–Kier alpha value is -1.66. The number of aliphatic imine (C=N–C) groups is 1. The van der Waals surface area contributed by atoms with E-state index in [1.54, 1.807) is 5.94 Å². The highest BCUT2D eigenvalue weighted by molar-refractivity contribution is 5.77. The molecule has 2 nitrogen and oxygen atoms in total. The number of hydrogen-bond donors (Lipinski definition) is 0. The maximum atomic E-state index is 10.2. The van der Waals surface area contributed by atoms with Gasteiger partial charge in [0.2, 0.25) is 0 Å². The molecule has 0 N–H and O–H groups in total. The van der Waals surface area contributed by atoms with Crippen LogP contribution in [0, 0.1) is 13.8 Å². The van der Waals surface area contributed by atoms with E-state index in [9.17, 15) is 4.79 Å². The Balaban J connectivity index is 3.38. The van der Waals surface area contributed by atoms with E-state index in [-0.39, 0.29) is 0 Å². The Morgan fingerprint density at radius 3 is 2.62 bits per heavy atom. The standard InChI is InChI=1S/C11H11NO/c1-8-9(2)11(12-3)5-4-10(8)6-7-13/h4-6H,3H2,1-2H3. The summed E-state index contributed by atoms with van der Waals surface area (Å²) in [5.41, 5.74) is 3.85. The van der Waals surface area contributed by atoms with Gasteiger partial charge in [-0.25, -0.2) is 4.79 Å². The zero-order valence-electron chi connectivity index (χ0n) is 7.79. The summed E-state index contributed by atoms with van der Waals surface area (Å²) in [4.78, 5) is 14.0. The first-order valence-electron chi connectivity index (χ1n) is 3.98. The predicted octanol–water partition coefficient (Wildman–Crippen LogP) is 2.48. The molecule has 66 valence electrons. The van der Waals surface area contributed by atoms with Crippen molar-refractivity contribution in [2.75, 3.05) is 0 Å². The molecule has 0 heterocycles. The Kier molecular flexibility index (Phi) is 2.78. The molecular weight excluding hydrogens is 162 g/mol. The van der Waals surface area contributed by atoms with Crippen LogP contribution in [-0.4, -0.2) is 12.7 Å². The van der Waals surface area contributed by atoms with Gasteiger partial charge >= 0.3 is 0 Å². The Morgan fingerprint density at radius 1 is 1.38 bits per heavy atom. The van der Waals surface area contributed by atoms with Crippen LogP contribution in [0.2, 0.25) is 0 Å². The highest BCUT2D eigenvalue weighted by Gasteiger charge is 2.02. The molecule has 0 atom stereocenters. The van der Waals surface area contributed by atoms with Crippen LogP contribution in [-0.2, 0) is 4.79 Å². The third-order valence-corrected chi connectivity index (χ3v) is 2.19. The van der Waals surface area contributed by atoms with Gasteiger partial charge in [0, 0.05) is 6.08 Å². The number of carbonyl (C=O) groups excluding carboxylic acids is 1. The minimum atomic E-state index is 0.862. The second-order valence-electron chi connectivity index (χ2n) is 2.84. The molecule has 0 unspecified atom stereocenters. The SMILES string of the molecule is C=Nc1ccc(C=C=O)c(C)c1C. The molecule has 0 saturated heterocycles. The largest absolute Gasteiger partial charge is 0.264 e. The van der Waals surface area contributed by atoms with Crippen molar-refractivity contribution < 1.29 is 4.79 Å². The molecular formula is C11H11NO. The van der Waals surface area contributed by atoms with E-state index in [1.807, 2.05) is 26.0 Å². The number of hydrogen-bond acceptors (Lipinski definition) is 2. The van der Waals surface area contributed by atoms with Crippen molar-refractivity contribution in [2.24, 2.45) is 4.99 Å². The third-order valence-electron chi connectivity index (χ3n) is 2.19. The topological polar surface area (TPSA) is 29.4 Å². The van der Waals surface area contributed by atoms with E-state index in [0.717, 1.165) is 22.4 Å². The fourth-order valence-electron chi connectivity index (χ4n) is 1.22. The summed E-state index contributed by atoms with van der Waals surface area (Å²) in [5.74, 6) is 1.77. The molecule has 1 aromatic carbocycles. The van der Waals surface area contributed by atoms with Crippen LogP contribution in [0.25, 0.3) is 6.08 Å². The molecule has 0 amide bonds. The first kappa shape index (κ1) is 9.43. The van der Waals surface area contributed by atoms with E-state index >= 15 is 0 Å². The maximum Gasteiger partial charge on any atom is 0.125 e. The molecule has 0 radical (unpaired) electrons. The summed E-state index contributed by atoms with van der Waals surface area (Å²) < 4.78 is 0. The van der Waals surface area contributed by atoms with Crippen molar-refractivity contribution >= 4 is 24.4 Å². The maximum absolute atomic E-state index is 10.2.